The first-order chi connectivity index (χ1) is 12.4. The highest BCUT2D eigenvalue weighted by Crippen LogP contribution is 2.28. The van der Waals surface area contributed by atoms with Gasteiger partial charge in [-0.2, -0.15) is 0 Å². The molecule has 0 fully saturated rings. The van der Waals surface area contributed by atoms with E-state index in [9.17, 15) is 14.3 Å². The Morgan fingerprint density at radius 2 is 2.08 bits per heavy atom. The Morgan fingerprint density at radius 1 is 1.31 bits per heavy atom. The summed E-state index contributed by atoms with van der Waals surface area (Å²) in [5, 5.41) is 11.3. The van der Waals surface area contributed by atoms with Crippen LogP contribution in [0.3, 0.4) is 0 Å². The van der Waals surface area contributed by atoms with Crippen LogP contribution < -0.4 is 5.56 Å². The summed E-state index contributed by atoms with van der Waals surface area (Å²) in [5.74, 6) is -0.220. The molecule has 0 saturated heterocycles. The Morgan fingerprint density at radius 3 is 2.77 bits per heavy atom. The maximum atomic E-state index is 14.0. The van der Waals surface area contributed by atoms with Crippen molar-refractivity contribution in [1.82, 2.24) is 9.55 Å². The average Bonchev–Trinajstić information content (AvgIpc) is 2.57. The van der Waals surface area contributed by atoms with Crippen molar-refractivity contribution < 1.29 is 9.50 Å². The van der Waals surface area contributed by atoms with Crippen molar-refractivity contribution in [2.45, 2.75) is 30.5 Å². The van der Waals surface area contributed by atoms with Crippen molar-refractivity contribution in [2.75, 3.05) is 0 Å². The number of rotatable bonds is 5. The average molecular weight is 413 g/mol. The minimum absolute atomic E-state index is 0.0811. The van der Waals surface area contributed by atoms with Gasteiger partial charge in [0, 0.05) is 21.4 Å². The van der Waals surface area contributed by atoms with Crippen molar-refractivity contribution in [2.24, 2.45) is 0 Å². The van der Waals surface area contributed by atoms with E-state index < -0.39 is 11.9 Å². The monoisotopic (exact) mass is 412 g/mol. The van der Waals surface area contributed by atoms with Crippen LogP contribution in [0.2, 0.25) is 10.0 Å². The molecule has 1 atom stereocenters. The molecule has 0 aliphatic carbocycles. The molecular formula is C18H15Cl2FN2O2S. The van der Waals surface area contributed by atoms with Gasteiger partial charge in [0.15, 0.2) is 5.16 Å². The smallest absolute Gasteiger partial charge is 0.262 e. The molecule has 0 aliphatic rings. The zero-order valence-electron chi connectivity index (χ0n) is 13.7. The minimum atomic E-state index is -0.740. The summed E-state index contributed by atoms with van der Waals surface area (Å²) in [4.78, 5) is 17.3. The molecule has 0 bridgehead atoms. The third kappa shape index (κ3) is 4.04. The second-order valence-corrected chi connectivity index (χ2v) is 7.60. The lowest BCUT2D eigenvalue weighted by molar-refractivity contribution is 0.168. The summed E-state index contributed by atoms with van der Waals surface area (Å²) in [6, 6.07) is 9.30. The maximum Gasteiger partial charge on any atom is 0.262 e. The zero-order valence-corrected chi connectivity index (χ0v) is 16.1. The molecule has 3 aromatic rings. The largest absolute Gasteiger partial charge is 0.392 e. The highest BCUT2D eigenvalue weighted by Gasteiger charge is 2.15. The van der Waals surface area contributed by atoms with Crippen LogP contribution in [-0.4, -0.2) is 20.8 Å². The minimum Gasteiger partial charge on any atom is -0.392 e. The quantitative estimate of drug-likeness (QED) is 0.494. The summed E-state index contributed by atoms with van der Waals surface area (Å²) in [6.45, 7) is 1.67. The highest BCUT2D eigenvalue weighted by molar-refractivity contribution is 7.98. The molecule has 26 heavy (non-hydrogen) atoms. The van der Waals surface area contributed by atoms with Crippen molar-refractivity contribution in [3.63, 3.8) is 0 Å². The predicted octanol–water partition coefficient (Wildman–Crippen LogP) is 4.52. The van der Waals surface area contributed by atoms with Crippen LogP contribution in [0, 0.1) is 5.82 Å². The van der Waals surface area contributed by atoms with Crippen LogP contribution in [0.15, 0.2) is 46.3 Å². The van der Waals surface area contributed by atoms with Gasteiger partial charge in [-0.05, 0) is 37.3 Å². The molecule has 1 N–H and O–H groups in total. The van der Waals surface area contributed by atoms with Gasteiger partial charge in [-0.1, -0.05) is 41.0 Å². The van der Waals surface area contributed by atoms with E-state index in [1.54, 1.807) is 31.2 Å². The zero-order chi connectivity index (χ0) is 18.8. The first-order valence-electron chi connectivity index (χ1n) is 7.80. The summed E-state index contributed by atoms with van der Waals surface area (Å²) in [5.41, 5.74) is 0.504. The molecular weight excluding hydrogens is 398 g/mol. The SMILES string of the molecule is C[C@H](O)Cn1c(SCc2c(F)cccc2Cl)nc2cc(Cl)ccc2c1=O. The molecule has 136 valence electrons. The first kappa shape index (κ1) is 19.2. The highest BCUT2D eigenvalue weighted by atomic mass is 35.5. The Bertz CT molecular complexity index is 1000. The van der Waals surface area contributed by atoms with Crippen molar-refractivity contribution in [1.29, 1.82) is 0 Å². The molecule has 3 rings (SSSR count). The lowest BCUT2D eigenvalue weighted by atomic mass is 10.2. The molecule has 0 amide bonds. The van der Waals surface area contributed by atoms with Crippen molar-refractivity contribution in [3.8, 4) is 0 Å². The number of aliphatic hydroxyl groups excluding tert-OH is 1. The van der Waals surface area contributed by atoms with Gasteiger partial charge in [-0.15, -0.1) is 0 Å². The molecule has 0 saturated carbocycles. The standard InChI is InChI=1S/C18H15Cl2FN2O2S/c1-10(24)8-23-17(25)12-6-5-11(19)7-16(12)22-18(23)26-9-13-14(20)3-2-4-15(13)21/h2-7,10,24H,8-9H2,1H3/t10-/m0/s1. The lowest BCUT2D eigenvalue weighted by Crippen LogP contribution is -2.27. The molecule has 0 unspecified atom stereocenters. The Kier molecular flexibility index (Phi) is 5.87. The van der Waals surface area contributed by atoms with Gasteiger partial charge in [0.25, 0.3) is 5.56 Å². The molecule has 0 spiro atoms. The van der Waals surface area contributed by atoms with Gasteiger partial charge in [-0.25, -0.2) is 9.37 Å². The number of nitrogens with zero attached hydrogens (tertiary/aromatic N) is 2. The molecule has 4 nitrogen and oxygen atoms in total. The van der Waals surface area contributed by atoms with Gasteiger partial charge >= 0.3 is 0 Å². The number of aromatic nitrogens is 2. The first-order valence-corrected chi connectivity index (χ1v) is 9.55. The Labute approximate surface area is 163 Å². The third-order valence-corrected chi connectivity index (χ3v) is 5.33. The van der Waals surface area contributed by atoms with Crippen LogP contribution in [0.5, 0.6) is 0 Å². The second-order valence-electron chi connectivity index (χ2n) is 5.81. The fourth-order valence-corrected chi connectivity index (χ4v) is 4.03. The molecule has 1 aromatic heterocycles. The van der Waals surface area contributed by atoms with Crippen LogP contribution >= 0.6 is 35.0 Å². The van der Waals surface area contributed by atoms with Gasteiger partial charge in [-0.3, -0.25) is 9.36 Å². The number of thioether (sulfide) groups is 1. The fourth-order valence-electron chi connectivity index (χ4n) is 2.52. The number of benzene rings is 2. The third-order valence-electron chi connectivity index (χ3n) is 3.74. The fraction of sp³-hybridized carbons (Fsp3) is 0.222. The normalized spacial score (nSPS) is 12.5. The van der Waals surface area contributed by atoms with Crippen LogP contribution in [0.4, 0.5) is 4.39 Å². The van der Waals surface area contributed by atoms with Crippen LogP contribution in [0.1, 0.15) is 12.5 Å². The predicted molar refractivity (Wildman–Crippen MR) is 104 cm³/mol. The van der Waals surface area contributed by atoms with E-state index in [4.69, 9.17) is 23.2 Å². The second kappa shape index (κ2) is 7.96. The summed E-state index contributed by atoms with van der Waals surface area (Å²) >= 11 is 13.2. The van der Waals surface area contributed by atoms with Gasteiger partial charge in [0.05, 0.1) is 23.6 Å². The van der Waals surface area contributed by atoms with E-state index in [2.05, 4.69) is 4.98 Å². The Hall–Kier alpha value is -1.60. The van der Waals surface area contributed by atoms with E-state index in [1.807, 2.05) is 0 Å². The number of aliphatic hydroxyl groups is 1. The summed E-state index contributed by atoms with van der Waals surface area (Å²) in [7, 11) is 0. The van der Waals surface area contributed by atoms with E-state index in [1.165, 1.54) is 28.5 Å². The lowest BCUT2D eigenvalue weighted by Gasteiger charge is -2.15. The summed E-state index contributed by atoms with van der Waals surface area (Å²) < 4.78 is 15.4. The Balaban J connectivity index is 2.06. The summed E-state index contributed by atoms with van der Waals surface area (Å²) in [6.07, 6.45) is -0.740. The topological polar surface area (TPSA) is 55.1 Å². The molecule has 8 heteroatoms. The molecule has 0 aliphatic heterocycles. The number of fused-ring (bicyclic) bond motifs is 1. The molecule has 1 heterocycles. The van der Waals surface area contributed by atoms with Crippen molar-refractivity contribution in [3.05, 3.63) is 68.2 Å². The van der Waals surface area contributed by atoms with Gasteiger partial charge < -0.3 is 5.11 Å². The number of hydrogen-bond acceptors (Lipinski definition) is 4. The molecule has 0 radical (unpaired) electrons. The van der Waals surface area contributed by atoms with Crippen LogP contribution in [0.25, 0.3) is 10.9 Å². The van der Waals surface area contributed by atoms with Crippen LogP contribution in [-0.2, 0) is 12.3 Å². The molecule has 2 aromatic carbocycles. The number of hydrogen-bond donors (Lipinski definition) is 1. The van der Waals surface area contributed by atoms with Crippen molar-refractivity contribution >= 4 is 45.9 Å². The van der Waals surface area contributed by atoms with E-state index in [0.29, 0.717) is 31.7 Å². The van der Waals surface area contributed by atoms with Gasteiger partial charge in [0.2, 0.25) is 0 Å². The van der Waals surface area contributed by atoms with E-state index in [-0.39, 0.29) is 17.9 Å². The maximum absolute atomic E-state index is 14.0. The van der Waals surface area contributed by atoms with E-state index >= 15 is 0 Å². The van der Waals surface area contributed by atoms with E-state index in [0.717, 1.165) is 0 Å². The number of halogens is 3. The van der Waals surface area contributed by atoms with Gasteiger partial charge in [0.1, 0.15) is 5.82 Å².